The van der Waals surface area contributed by atoms with Crippen molar-refractivity contribution >= 4 is 110 Å². The van der Waals surface area contributed by atoms with E-state index in [1.54, 1.807) is 0 Å². The van der Waals surface area contributed by atoms with Crippen LogP contribution >= 0.6 is 0 Å². The van der Waals surface area contributed by atoms with Crippen LogP contribution in [0.4, 0.5) is 0 Å². The second kappa shape index (κ2) is 14.5. The summed E-state index contributed by atoms with van der Waals surface area (Å²) in [6, 6.07) is 57.5. The lowest BCUT2D eigenvalue weighted by Gasteiger charge is -2.20. The van der Waals surface area contributed by atoms with Crippen molar-refractivity contribution in [3.63, 3.8) is 0 Å². The van der Waals surface area contributed by atoms with E-state index in [9.17, 15) is 0 Å². The highest BCUT2D eigenvalue weighted by Gasteiger charge is 2.20. The van der Waals surface area contributed by atoms with E-state index in [1.165, 1.54) is 60.2 Å². The average Bonchev–Trinajstić information content (AvgIpc) is 3.86. The topological polar surface area (TPSA) is 56.7 Å². The van der Waals surface area contributed by atoms with Crippen molar-refractivity contribution in [2.75, 3.05) is 0 Å². The molecule has 0 aliphatic rings. The van der Waals surface area contributed by atoms with E-state index in [0.717, 1.165) is 55.4 Å². The molecule has 0 saturated carbocycles. The zero-order valence-electron chi connectivity index (χ0n) is 34.8. The Labute approximate surface area is 358 Å². The number of aromatic nitrogens is 4. The molecule has 0 saturated heterocycles. The van der Waals surface area contributed by atoms with E-state index in [4.69, 9.17) is 19.4 Å². The first-order valence-electron chi connectivity index (χ1n) is 20.9. The molecular weight excluding hydrogens is 739 g/mol. The standard InChI is InChI=1S/C51H37B5N4O/c52-44-42(45(53)47(55)48(56)46(44)54)28-18-20-30(21-19-28)50-57-49(29-10-3-1-4-11-29)58-51(59-50)35-15-9-17-41-43(35)37-27-32(23-25-40(37)61-41)31-22-24-39-36(26-31)34-14-7-8-16-38(34)60(39)33-12-5-2-6-13-33/h1-27H,52-56H2. The Bertz CT molecular complexity index is 3500. The molecule has 61 heavy (non-hydrogen) atoms. The van der Waals surface area contributed by atoms with Gasteiger partial charge in [-0.3, -0.25) is 0 Å². The number of benzene rings is 8. The van der Waals surface area contributed by atoms with Gasteiger partial charge in [0.25, 0.3) is 0 Å². The number of rotatable bonds is 6. The van der Waals surface area contributed by atoms with Gasteiger partial charge in [-0.15, -0.1) is 16.4 Å². The molecular formula is C51H37B5N4O. The highest BCUT2D eigenvalue weighted by molar-refractivity contribution is 6.68. The maximum atomic E-state index is 6.54. The first kappa shape index (κ1) is 36.8. The molecule has 0 fully saturated rings. The lowest BCUT2D eigenvalue weighted by Crippen LogP contribution is -2.55. The summed E-state index contributed by atoms with van der Waals surface area (Å²) in [6.07, 6.45) is 0. The lowest BCUT2D eigenvalue weighted by atomic mass is 9.59. The molecule has 0 atom stereocenters. The summed E-state index contributed by atoms with van der Waals surface area (Å²) in [5.41, 5.74) is 19.3. The summed E-state index contributed by atoms with van der Waals surface area (Å²) in [5, 5.41) is 4.42. The molecule has 5 nitrogen and oxygen atoms in total. The zero-order valence-corrected chi connectivity index (χ0v) is 34.8. The number of nitrogens with zero attached hydrogens (tertiary/aromatic N) is 4. The van der Waals surface area contributed by atoms with Crippen molar-refractivity contribution in [1.82, 2.24) is 19.5 Å². The van der Waals surface area contributed by atoms with E-state index < -0.39 is 0 Å². The van der Waals surface area contributed by atoms with Gasteiger partial charge >= 0.3 is 0 Å². The Morgan fingerprint density at radius 1 is 0.377 bits per heavy atom. The molecule has 0 amide bonds. The van der Waals surface area contributed by atoms with Gasteiger partial charge in [-0.25, -0.2) is 15.0 Å². The lowest BCUT2D eigenvalue weighted by molar-refractivity contribution is 0.669. The van der Waals surface area contributed by atoms with E-state index in [2.05, 4.69) is 165 Å². The first-order chi connectivity index (χ1) is 29.8. The predicted octanol–water partition coefficient (Wildman–Crippen LogP) is 4.50. The summed E-state index contributed by atoms with van der Waals surface area (Å²) in [6.45, 7) is 0. The molecule has 11 aromatic rings. The van der Waals surface area contributed by atoms with E-state index >= 15 is 0 Å². The normalized spacial score (nSPS) is 11.6. The smallest absolute Gasteiger partial charge is 0.164 e. The summed E-state index contributed by atoms with van der Waals surface area (Å²) in [7, 11) is 11.1. The fourth-order valence-corrected chi connectivity index (χ4v) is 9.26. The summed E-state index contributed by atoms with van der Waals surface area (Å²) in [4.78, 5) is 15.5. The third-order valence-electron chi connectivity index (χ3n) is 12.9. The number of furan rings is 1. The Balaban J connectivity index is 1.05. The molecule has 282 valence electrons. The van der Waals surface area contributed by atoms with Crippen molar-refractivity contribution in [2.24, 2.45) is 0 Å². The SMILES string of the molecule is Bc1c(B)c(B)c(-c2ccc(-c3nc(-c4ccccc4)nc(-c4cccc5oc6ccc(-c7ccc8c(c7)c7ccccc7n8-c7ccccc7)cc6c45)n3)cc2)c(B)c1B. The van der Waals surface area contributed by atoms with Gasteiger partial charge in [-0.1, -0.05) is 126 Å². The van der Waals surface area contributed by atoms with Crippen LogP contribution in [-0.4, -0.2) is 58.8 Å². The van der Waals surface area contributed by atoms with Crippen LogP contribution in [-0.2, 0) is 0 Å². The minimum Gasteiger partial charge on any atom is -0.456 e. The highest BCUT2D eigenvalue weighted by atomic mass is 16.3. The maximum absolute atomic E-state index is 6.54. The Morgan fingerprint density at radius 3 is 1.64 bits per heavy atom. The van der Waals surface area contributed by atoms with Gasteiger partial charge < -0.3 is 8.98 Å². The van der Waals surface area contributed by atoms with Gasteiger partial charge in [0.1, 0.15) is 50.4 Å². The Hall–Kier alpha value is -7.31. The fourth-order valence-electron chi connectivity index (χ4n) is 9.26. The summed E-state index contributed by atoms with van der Waals surface area (Å²) in [5.74, 6) is 1.83. The van der Waals surface area contributed by atoms with Crippen molar-refractivity contribution in [1.29, 1.82) is 0 Å². The molecule has 11 rings (SSSR count). The van der Waals surface area contributed by atoms with Crippen LogP contribution < -0.4 is 27.3 Å². The van der Waals surface area contributed by atoms with Crippen LogP contribution in [0.5, 0.6) is 0 Å². The second-order valence-corrected chi connectivity index (χ2v) is 16.2. The largest absolute Gasteiger partial charge is 0.456 e. The van der Waals surface area contributed by atoms with Crippen LogP contribution in [0.15, 0.2) is 168 Å². The predicted molar refractivity (Wildman–Crippen MR) is 270 cm³/mol. The maximum Gasteiger partial charge on any atom is 0.164 e. The first-order valence-corrected chi connectivity index (χ1v) is 20.9. The van der Waals surface area contributed by atoms with Crippen LogP contribution in [0.2, 0.25) is 0 Å². The van der Waals surface area contributed by atoms with Gasteiger partial charge in [0.15, 0.2) is 17.5 Å². The average molecular weight is 776 g/mol. The Kier molecular flexibility index (Phi) is 8.71. The van der Waals surface area contributed by atoms with Gasteiger partial charge in [0.2, 0.25) is 0 Å². The third-order valence-corrected chi connectivity index (χ3v) is 12.9. The molecule has 0 bridgehead atoms. The van der Waals surface area contributed by atoms with Crippen molar-refractivity contribution < 1.29 is 4.42 Å². The minimum atomic E-state index is 0.596. The number of fused-ring (bicyclic) bond motifs is 6. The molecule has 0 aliphatic carbocycles. The molecule has 0 N–H and O–H groups in total. The molecule has 0 unspecified atom stereocenters. The van der Waals surface area contributed by atoms with Gasteiger partial charge in [-0.05, 0) is 70.8 Å². The zero-order chi connectivity index (χ0) is 41.4. The molecule has 0 spiro atoms. The van der Waals surface area contributed by atoms with Crippen LogP contribution in [0, 0.1) is 0 Å². The minimum absolute atomic E-state index is 0.596. The molecule has 8 aromatic carbocycles. The monoisotopic (exact) mass is 776 g/mol. The molecule has 3 heterocycles. The van der Waals surface area contributed by atoms with Gasteiger partial charge in [0.05, 0.1) is 11.0 Å². The Morgan fingerprint density at radius 2 is 0.918 bits per heavy atom. The van der Waals surface area contributed by atoms with Crippen LogP contribution in [0.1, 0.15) is 0 Å². The van der Waals surface area contributed by atoms with E-state index in [1.807, 2.05) is 42.5 Å². The fraction of sp³-hybridized carbons (Fsp3) is 0. The van der Waals surface area contributed by atoms with Crippen molar-refractivity contribution in [3.05, 3.63) is 164 Å². The van der Waals surface area contributed by atoms with Crippen molar-refractivity contribution in [2.45, 2.75) is 0 Å². The highest BCUT2D eigenvalue weighted by Crippen LogP contribution is 2.40. The number of hydrogen-bond donors (Lipinski definition) is 0. The third kappa shape index (κ3) is 6.04. The van der Waals surface area contributed by atoms with E-state index in [0.29, 0.717) is 17.5 Å². The molecule has 0 aliphatic heterocycles. The summed E-state index contributed by atoms with van der Waals surface area (Å²) < 4.78 is 8.89. The van der Waals surface area contributed by atoms with Gasteiger partial charge in [0, 0.05) is 43.9 Å². The van der Waals surface area contributed by atoms with E-state index in [-0.39, 0.29) is 0 Å². The molecule has 0 radical (unpaired) electrons. The van der Waals surface area contributed by atoms with Crippen LogP contribution in [0.3, 0.4) is 0 Å². The van der Waals surface area contributed by atoms with Crippen LogP contribution in [0.25, 0.3) is 106 Å². The molecule has 3 aromatic heterocycles. The second-order valence-electron chi connectivity index (χ2n) is 16.2. The number of hydrogen-bond acceptors (Lipinski definition) is 4. The van der Waals surface area contributed by atoms with Gasteiger partial charge in [-0.2, -0.15) is 0 Å². The quantitative estimate of drug-likeness (QED) is 0.234. The van der Waals surface area contributed by atoms with Crippen molar-refractivity contribution in [3.8, 4) is 62.1 Å². The number of para-hydroxylation sites is 2. The summed E-state index contributed by atoms with van der Waals surface area (Å²) >= 11 is 0. The molecule has 10 heteroatoms.